The summed E-state index contributed by atoms with van der Waals surface area (Å²) >= 11 is 49.3. The van der Waals surface area contributed by atoms with E-state index in [0.29, 0.717) is 16.8 Å². The molecule has 64 heavy (non-hydrogen) atoms. The number of hydrogen-bond acceptors (Lipinski definition) is 10. The molecule has 0 saturated carbocycles. The van der Waals surface area contributed by atoms with Crippen LogP contribution in [0.3, 0.4) is 0 Å². The van der Waals surface area contributed by atoms with Gasteiger partial charge >= 0.3 is 0 Å². The summed E-state index contributed by atoms with van der Waals surface area (Å²) in [5, 5.41) is 27.4. The summed E-state index contributed by atoms with van der Waals surface area (Å²) in [4.78, 5) is 78.2. The maximum absolute atomic E-state index is 13.4. The van der Waals surface area contributed by atoms with E-state index >= 15 is 0 Å². The fourth-order valence-electron chi connectivity index (χ4n) is 5.70. The molecule has 4 amide bonds. The monoisotopic (exact) mass is 1020 g/mol. The number of ketones is 2. The van der Waals surface area contributed by atoms with Crippen molar-refractivity contribution in [2.24, 2.45) is 20.5 Å². The Morgan fingerprint density at radius 1 is 0.453 bits per heavy atom. The molecule has 14 nitrogen and oxygen atoms in total. The molecule has 0 heterocycles. The lowest BCUT2D eigenvalue weighted by Crippen LogP contribution is -2.33. The number of aryl methyl sites for hydroxylation is 2. The number of azo groups is 2. The highest BCUT2D eigenvalue weighted by Crippen LogP contribution is 2.36. The summed E-state index contributed by atoms with van der Waals surface area (Å²) in [7, 11) is 0. The SMILES string of the molecule is CC(=O)C(N=Nc1ccc(Cl)c(C(=O)Nc2c(Cl)cc(Cl)cc2Cl)c1)C(=O)Nc1cc(C)c(NC(=O)C(N=Nc2ccc(Cl)c(C(=O)Nc3c(Cl)cc(Cl)cc3Cl)c2)C(C)=O)c(C)c1. The van der Waals surface area contributed by atoms with Crippen LogP contribution in [0.1, 0.15) is 45.7 Å². The molecule has 5 aromatic rings. The fourth-order valence-corrected chi connectivity index (χ4v) is 7.93. The van der Waals surface area contributed by atoms with Gasteiger partial charge in [-0.25, -0.2) is 0 Å². The minimum absolute atomic E-state index is 0.0365. The van der Waals surface area contributed by atoms with Gasteiger partial charge in [0.25, 0.3) is 23.6 Å². The third-order valence-corrected chi connectivity index (χ3v) is 11.1. The van der Waals surface area contributed by atoms with E-state index in [1.807, 2.05) is 0 Å². The second-order valence-corrected chi connectivity index (χ2v) is 17.0. The maximum Gasteiger partial charge on any atom is 0.258 e. The lowest BCUT2D eigenvalue weighted by atomic mass is 10.1. The van der Waals surface area contributed by atoms with Crippen molar-refractivity contribution in [3.8, 4) is 0 Å². The van der Waals surface area contributed by atoms with Crippen molar-refractivity contribution in [3.05, 3.63) is 135 Å². The molecule has 5 aromatic carbocycles. The first-order valence-electron chi connectivity index (χ1n) is 18.2. The first kappa shape index (κ1) is 49.8. The highest BCUT2D eigenvalue weighted by Gasteiger charge is 2.27. The lowest BCUT2D eigenvalue weighted by Gasteiger charge is -2.17. The maximum atomic E-state index is 13.4. The minimum Gasteiger partial charge on any atom is -0.324 e. The molecule has 0 aromatic heterocycles. The second-order valence-electron chi connectivity index (χ2n) is 13.6. The smallest absolute Gasteiger partial charge is 0.258 e. The zero-order valence-electron chi connectivity index (χ0n) is 33.3. The molecule has 22 heteroatoms. The van der Waals surface area contributed by atoms with Crippen LogP contribution in [0.5, 0.6) is 0 Å². The number of rotatable bonds is 14. The molecular formula is C42H30Cl8N8O6. The number of carbonyl (C=O) groups is 6. The Bertz CT molecular complexity index is 2750. The summed E-state index contributed by atoms with van der Waals surface area (Å²) in [6.07, 6.45) is 0. The highest BCUT2D eigenvalue weighted by molar-refractivity contribution is 6.44. The quantitative estimate of drug-likeness (QED) is 0.0630. The molecule has 0 aliphatic rings. The van der Waals surface area contributed by atoms with Gasteiger partial charge in [-0.15, -0.1) is 0 Å². The standard InChI is InChI=1S/C42H30Cl8N8O6/c1-17-9-25(51-41(63)35(19(3)59)57-55-23-5-7-28(45)26(15-23)39(61)53-37-30(47)11-21(43)12-31(37)48)10-18(2)34(17)52-42(64)36(20(4)60)58-56-24-6-8-29(46)27(16-24)40(62)54-38-32(49)13-22(44)14-33(38)50/h5-16,35-36H,1-4H3,(H,51,63)(H,52,64)(H,53,61)(H,54,62). The van der Waals surface area contributed by atoms with Crippen molar-refractivity contribution < 1.29 is 28.8 Å². The number of nitrogens with zero attached hydrogens (tertiary/aromatic N) is 4. The molecule has 0 spiro atoms. The van der Waals surface area contributed by atoms with Crippen molar-refractivity contribution in [3.63, 3.8) is 0 Å². The van der Waals surface area contributed by atoms with Crippen molar-refractivity contribution in [1.82, 2.24) is 0 Å². The van der Waals surface area contributed by atoms with Gasteiger partial charge in [0, 0.05) is 21.4 Å². The van der Waals surface area contributed by atoms with Crippen molar-refractivity contribution in [1.29, 1.82) is 0 Å². The molecule has 0 bridgehead atoms. The minimum atomic E-state index is -1.61. The molecule has 5 rings (SSSR count). The van der Waals surface area contributed by atoms with Crippen molar-refractivity contribution in [2.45, 2.75) is 39.8 Å². The van der Waals surface area contributed by atoms with E-state index in [4.69, 9.17) is 92.8 Å². The number of carbonyl (C=O) groups excluding carboxylic acids is 6. The third kappa shape index (κ3) is 12.5. The molecule has 0 aliphatic carbocycles. The van der Waals surface area contributed by atoms with Crippen molar-refractivity contribution >= 4 is 162 Å². The molecule has 0 saturated heterocycles. The van der Waals surface area contributed by atoms with Crippen LogP contribution in [0.25, 0.3) is 0 Å². The van der Waals surface area contributed by atoms with E-state index in [1.165, 1.54) is 72.8 Å². The number of benzene rings is 5. The van der Waals surface area contributed by atoms with Crippen LogP contribution < -0.4 is 21.3 Å². The van der Waals surface area contributed by atoms with Gasteiger partial charge in [-0.05, 0) is 112 Å². The number of nitrogens with one attached hydrogen (secondary N) is 4. The van der Waals surface area contributed by atoms with Gasteiger partial charge in [-0.2, -0.15) is 20.5 Å². The predicted molar refractivity (Wildman–Crippen MR) is 253 cm³/mol. The van der Waals surface area contributed by atoms with Crippen LogP contribution in [0.15, 0.2) is 93.3 Å². The Hall–Kier alpha value is -5.16. The Balaban J connectivity index is 1.27. The van der Waals surface area contributed by atoms with Gasteiger partial charge in [-0.1, -0.05) is 92.8 Å². The largest absolute Gasteiger partial charge is 0.324 e. The predicted octanol–water partition coefficient (Wildman–Crippen LogP) is 13.4. The summed E-state index contributed by atoms with van der Waals surface area (Å²) in [6, 6.07) is 13.6. The topological polar surface area (TPSA) is 200 Å². The molecule has 0 fully saturated rings. The van der Waals surface area contributed by atoms with Crippen LogP contribution >= 0.6 is 92.8 Å². The zero-order valence-corrected chi connectivity index (χ0v) is 39.4. The Kier molecular flexibility index (Phi) is 16.9. The van der Waals surface area contributed by atoms with E-state index in [1.54, 1.807) is 13.8 Å². The number of amides is 4. The normalized spacial score (nSPS) is 12.2. The fraction of sp³-hybridized carbons (Fsp3) is 0.143. The van der Waals surface area contributed by atoms with Crippen LogP contribution in [-0.2, 0) is 19.2 Å². The Morgan fingerprint density at radius 2 is 0.812 bits per heavy atom. The summed E-state index contributed by atoms with van der Waals surface area (Å²) in [6.45, 7) is 5.58. The number of halogens is 8. The van der Waals surface area contributed by atoms with Gasteiger partial charge in [0.2, 0.25) is 12.1 Å². The van der Waals surface area contributed by atoms with E-state index in [-0.39, 0.29) is 79.7 Å². The average Bonchev–Trinajstić information content (AvgIpc) is 3.19. The van der Waals surface area contributed by atoms with Gasteiger partial charge in [0.1, 0.15) is 0 Å². The third-order valence-electron chi connectivity index (χ3n) is 8.77. The number of hydrogen-bond donors (Lipinski definition) is 4. The number of Topliss-reactive ketones (excluding diaryl/α,β-unsaturated/α-hetero) is 2. The number of anilines is 4. The van der Waals surface area contributed by atoms with Crippen LogP contribution in [0.2, 0.25) is 40.2 Å². The van der Waals surface area contributed by atoms with Crippen LogP contribution in [0, 0.1) is 13.8 Å². The first-order valence-corrected chi connectivity index (χ1v) is 21.2. The molecule has 0 aliphatic heterocycles. The van der Waals surface area contributed by atoms with Crippen LogP contribution in [0.4, 0.5) is 34.1 Å². The molecular weight excluding hydrogens is 996 g/mol. The van der Waals surface area contributed by atoms with Crippen molar-refractivity contribution in [2.75, 3.05) is 21.3 Å². The Labute approximate surface area is 405 Å². The average molecular weight is 1030 g/mol. The summed E-state index contributed by atoms with van der Waals surface area (Å²) < 4.78 is 0. The Morgan fingerprint density at radius 3 is 1.17 bits per heavy atom. The second kappa shape index (κ2) is 21.7. The van der Waals surface area contributed by atoms with Gasteiger partial charge < -0.3 is 21.3 Å². The van der Waals surface area contributed by atoms with Crippen LogP contribution in [-0.4, -0.2) is 47.3 Å². The summed E-state index contributed by atoms with van der Waals surface area (Å²) in [5.74, 6) is -4.32. The highest BCUT2D eigenvalue weighted by atomic mass is 35.5. The molecule has 4 N–H and O–H groups in total. The van der Waals surface area contributed by atoms with Gasteiger partial charge in [0.05, 0.1) is 64.0 Å². The lowest BCUT2D eigenvalue weighted by molar-refractivity contribution is -0.127. The first-order chi connectivity index (χ1) is 30.1. The van der Waals surface area contributed by atoms with E-state index in [2.05, 4.69) is 41.7 Å². The summed E-state index contributed by atoms with van der Waals surface area (Å²) in [5.41, 5.74) is 1.78. The molecule has 2 unspecified atom stereocenters. The molecule has 330 valence electrons. The molecule has 0 radical (unpaired) electrons. The molecule has 2 atom stereocenters. The zero-order chi connectivity index (χ0) is 47.2. The van der Waals surface area contributed by atoms with E-state index in [0.717, 1.165) is 13.8 Å². The van der Waals surface area contributed by atoms with E-state index in [9.17, 15) is 28.8 Å². The van der Waals surface area contributed by atoms with Gasteiger partial charge in [0.15, 0.2) is 11.6 Å². The van der Waals surface area contributed by atoms with Gasteiger partial charge in [-0.3, -0.25) is 28.8 Å². The van der Waals surface area contributed by atoms with E-state index < -0.39 is 47.3 Å².